The van der Waals surface area contributed by atoms with Gasteiger partial charge in [-0.15, -0.1) is 10.2 Å². The highest BCUT2D eigenvalue weighted by molar-refractivity contribution is 7.92. The standard InChI is InChI=1S/C11H9Cl2N3O2S/c1-7-2-3-9(8(12)6-7)19(17,18)16-11-5-4-10(13)14-15-11/h2-6H,1H3,(H,15,16). The normalized spacial score (nSPS) is 11.3. The Kier molecular flexibility index (Phi) is 3.93. The molecule has 0 bridgehead atoms. The van der Waals surface area contributed by atoms with Crippen LogP contribution in [0.2, 0.25) is 10.2 Å². The summed E-state index contributed by atoms with van der Waals surface area (Å²) >= 11 is 11.5. The Balaban J connectivity index is 2.35. The molecule has 0 aliphatic rings. The van der Waals surface area contributed by atoms with E-state index in [4.69, 9.17) is 23.2 Å². The fourth-order valence-corrected chi connectivity index (χ4v) is 3.08. The average molecular weight is 318 g/mol. The Bertz CT molecular complexity index is 702. The van der Waals surface area contributed by atoms with Crippen LogP contribution in [0.4, 0.5) is 5.82 Å². The summed E-state index contributed by atoms with van der Waals surface area (Å²) in [4.78, 5) is -0.0171. The summed E-state index contributed by atoms with van der Waals surface area (Å²) in [6.07, 6.45) is 0. The molecule has 2 rings (SSSR count). The lowest BCUT2D eigenvalue weighted by Crippen LogP contribution is -2.14. The zero-order valence-corrected chi connectivity index (χ0v) is 12.1. The van der Waals surface area contributed by atoms with Crippen LogP contribution >= 0.6 is 23.2 Å². The molecule has 0 unspecified atom stereocenters. The fourth-order valence-electron chi connectivity index (χ4n) is 1.39. The number of nitrogens with zero attached hydrogens (tertiary/aromatic N) is 2. The minimum atomic E-state index is -3.80. The quantitative estimate of drug-likeness (QED) is 0.944. The van der Waals surface area contributed by atoms with Crippen LogP contribution in [0.15, 0.2) is 35.2 Å². The van der Waals surface area contributed by atoms with Gasteiger partial charge in [0, 0.05) is 0 Å². The van der Waals surface area contributed by atoms with Crippen molar-refractivity contribution in [1.29, 1.82) is 0 Å². The number of nitrogens with one attached hydrogen (secondary N) is 1. The van der Waals surface area contributed by atoms with Crippen molar-refractivity contribution in [2.75, 3.05) is 4.72 Å². The molecule has 0 spiro atoms. The van der Waals surface area contributed by atoms with E-state index in [-0.39, 0.29) is 20.9 Å². The van der Waals surface area contributed by atoms with Gasteiger partial charge in [0.15, 0.2) is 11.0 Å². The van der Waals surface area contributed by atoms with Crippen molar-refractivity contribution in [3.05, 3.63) is 46.1 Å². The highest BCUT2D eigenvalue weighted by atomic mass is 35.5. The Morgan fingerprint density at radius 2 is 1.84 bits per heavy atom. The van der Waals surface area contributed by atoms with Crippen LogP contribution in [-0.4, -0.2) is 18.6 Å². The topological polar surface area (TPSA) is 72.0 Å². The molecule has 0 radical (unpaired) electrons. The first-order valence-corrected chi connectivity index (χ1v) is 7.40. The first-order chi connectivity index (χ1) is 8.88. The molecule has 0 aliphatic heterocycles. The van der Waals surface area contributed by atoms with Gasteiger partial charge in [-0.2, -0.15) is 0 Å². The van der Waals surface area contributed by atoms with Crippen molar-refractivity contribution in [3.8, 4) is 0 Å². The number of aromatic nitrogens is 2. The van der Waals surface area contributed by atoms with Gasteiger partial charge in [-0.25, -0.2) is 8.42 Å². The average Bonchev–Trinajstić information content (AvgIpc) is 2.31. The van der Waals surface area contributed by atoms with Crippen LogP contribution in [0.5, 0.6) is 0 Å². The number of rotatable bonds is 3. The number of aryl methyl sites for hydroxylation is 1. The molecule has 0 atom stereocenters. The van der Waals surface area contributed by atoms with Gasteiger partial charge in [-0.1, -0.05) is 29.3 Å². The van der Waals surface area contributed by atoms with Gasteiger partial charge in [0.25, 0.3) is 10.0 Å². The summed E-state index contributed by atoms with van der Waals surface area (Å²) in [6, 6.07) is 7.51. The van der Waals surface area contributed by atoms with Gasteiger partial charge in [-0.05, 0) is 36.8 Å². The molecule has 19 heavy (non-hydrogen) atoms. The van der Waals surface area contributed by atoms with Gasteiger partial charge < -0.3 is 0 Å². The molecule has 100 valence electrons. The summed E-state index contributed by atoms with van der Waals surface area (Å²) < 4.78 is 26.5. The van der Waals surface area contributed by atoms with E-state index in [0.29, 0.717) is 0 Å². The monoisotopic (exact) mass is 317 g/mol. The number of benzene rings is 1. The predicted molar refractivity (Wildman–Crippen MR) is 74.0 cm³/mol. The Morgan fingerprint density at radius 1 is 1.11 bits per heavy atom. The number of anilines is 1. The van der Waals surface area contributed by atoms with Crippen LogP contribution in [0.3, 0.4) is 0 Å². The van der Waals surface area contributed by atoms with Gasteiger partial charge in [0.1, 0.15) is 4.90 Å². The van der Waals surface area contributed by atoms with Gasteiger partial charge in [0.05, 0.1) is 5.02 Å². The number of halogens is 2. The molecule has 0 aliphatic carbocycles. The second-order valence-corrected chi connectivity index (χ2v) is 6.23. The lowest BCUT2D eigenvalue weighted by Gasteiger charge is -2.08. The highest BCUT2D eigenvalue weighted by Crippen LogP contribution is 2.24. The molecule has 5 nitrogen and oxygen atoms in total. The third-order valence-electron chi connectivity index (χ3n) is 2.25. The molecule has 1 N–H and O–H groups in total. The molecule has 1 aromatic heterocycles. The SMILES string of the molecule is Cc1ccc(S(=O)(=O)Nc2ccc(Cl)nn2)c(Cl)c1. The van der Waals surface area contributed by atoms with E-state index in [2.05, 4.69) is 14.9 Å². The molecule has 1 aromatic carbocycles. The summed E-state index contributed by atoms with van der Waals surface area (Å²) in [5, 5.41) is 7.49. The van der Waals surface area contributed by atoms with Crippen LogP contribution in [0.1, 0.15) is 5.56 Å². The first-order valence-electron chi connectivity index (χ1n) is 5.17. The van der Waals surface area contributed by atoms with Crippen molar-refractivity contribution in [3.63, 3.8) is 0 Å². The molecular formula is C11H9Cl2N3O2S. The zero-order chi connectivity index (χ0) is 14.0. The van der Waals surface area contributed by atoms with Crippen molar-refractivity contribution in [2.24, 2.45) is 0 Å². The second kappa shape index (κ2) is 5.32. The highest BCUT2D eigenvalue weighted by Gasteiger charge is 2.18. The van der Waals surface area contributed by atoms with Crippen molar-refractivity contribution >= 4 is 39.0 Å². The summed E-state index contributed by atoms with van der Waals surface area (Å²) in [7, 11) is -3.80. The first kappa shape index (κ1) is 14.0. The van der Waals surface area contributed by atoms with Crippen molar-refractivity contribution in [1.82, 2.24) is 10.2 Å². The number of hydrogen-bond acceptors (Lipinski definition) is 4. The lowest BCUT2D eigenvalue weighted by atomic mass is 10.2. The number of sulfonamides is 1. The van der Waals surface area contributed by atoms with Gasteiger partial charge >= 0.3 is 0 Å². The van der Waals surface area contributed by atoms with E-state index in [0.717, 1.165) is 5.56 Å². The molecule has 8 heteroatoms. The Hall–Kier alpha value is -1.37. The summed E-state index contributed by atoms with van der Waals surface area (Å²) in [5.74, 6) is 0.0704. The predicted octanol–water partition coefficient (Wildman–Crippen LogP) is 2.89. The van der Waals surface area contributed by atoms with E-state index < -0.39 is 10.0 Å². The third-order valence-corrected chi connectivity index (χ3v) is 4.29. The van der Waals surface area contributed by atoms with Crippen LogP contribution < -0.4 is 4.72 Å². The van der Waals surface area contributed by atoms with E-state index in [1.807, 2.05) is 6.92 Å². The minimum absolute atomic E-state index is 0.0171. The fraction of sp³-hybridized carbons (Fsp3) is 0.0909. The molecule has 0 saturated carbocycles. The molecule has 0 fully saturated rings. The third kappa shape index (κ3) is 3.34. The molecule has 2 aromatic rings. The zero-order valence-electron chi connectivity index (χ0n) is 9.76. The van der Waals surface area contributed by atoms with Gasteiger partial charge in [-0.3, -0.25) is 4.72 Å². The Morgan fingerprint density at radius 3 is 2.42 bits per heavy atom. The minimum Gasteiger partial charge on any atom is -0.262 e. The van der Waals surface area contributed by atoms with Gasteiger partial charge in [0.2, 0.25) is 0 Å². The largest absolute Gasteiger partial charge is 0.264 e. The summed E-state index contributed by atoms with van der Waals surface area (Å²) in [5.41, 5.74) is 0.871. The molecular weight excluding hydrogens is 309 g/mol. The maximum atomic E-state index is 12.1. The maximum Gasteiger partial charge on any atom is 0.264 e. The molecule has 0 saturated heterocycles. The van der Waals surface area contributed by atoms with E-state index >= 15 is 0 Å². The van der Waals surface area contributed by atoms with E-state index in [9.17, 15) is 8.42 Å². The molecule has 0 amide bonds. The van der Waals surface area contributed by atoms with E-state index in [1.165, 1.54) is 18.2 Å². The van der Waals surface area contributed by atoms with E-state index in [1.54, 1.807) is 12.1 Å². The smallest absolute Gasteiger partial charge is 0.262 e. The van der Waals surface area contributed by atoms with Crippen molar-refractivity contribution < 1.29 is 8.42 Å². The van der Waals surface area contributed by atoms with Crippen LogP contribution in [-0.2, 0) is 10.0 Å². The number of hydrogen-bond donors (Lipinski definition) is 1. The Labute approximate surface area is 120 Å². The summed E-state index contributed by atoms with van der Waals surface area (Å²) in [6.45, 7) is 1.82. The van der Waals surface area contributed by atoms with Crippen molar-refractivity contribution in [2.45, 2.75) is 11.8 Å². The maximum absolute atomic E-state index is 12.1. The second-order valence-electron chi connectivity index (χ2n) is 3.78. The van der Waals surface area contributed by atoms with Crippen LogP contribution in [0.25, 0.3) is 0 Å². The molecule has 1 heterocycles. The van der Waals surface area contributed by atoms with Crippen LogP contribution in [0, 0.1) is 6.92 Å². The lowest BCUT2D eigenvalue weighted by molar-refractivity contribution is 0.601.